The molecule has 0 bridgehead atoms. The molecule has 0 saturated carbocycles. The van der Waals surface area contributed by atoms with Crippen LogP contribution in [0.4, 0.5) is 5.69 Å². The maximum Gasteiger partial charge on any atom is 0.203 e. The van der Waals surface area contributed by atoms with Crippen molar-refractivity contribution >= 4 is 5.69 Å². The fraction of sp³-hybridized carbons (Fsp3) is 0.345. The fourth-order valence-electron chi connectivity index (χ4n) is 4.89. The van der Waals surface area contributed by atoms with Crippen LogP contribution in [-0.2, 0) is 12.8 Å². The summed E-state index contributed by atoms with van der Waals surface area (Å²) in [6.45, 7) is 0.636. The Bertz CT molecular complexity index is 1270. The highest BCUT2D eigenvalue weighted by molar-refractivity contribution is 5.83. The van der Waals surface area contributed by atoms with Gasteiger partial charge in [-0.15, -0.1) is 0 Å². The van der Waals surface area contributed by atoms with E-state index in [1.54, 1.807) is 34.5 Å². The predicted molar refractivity (Wildman–Crippen MR) is 143 cm³/mol. The standard InChI is InChI=1S/C29H34N2O5/c1-30-23-12-8-19-16-26(34-3)28(35-4)29(36-5)27(19)21-11-13-24(25(32)17-22(21)23)31-15-14-18-6-9-20(33-2)10-7-18/h6-7,9-11,13,16-17,23,30H,8,12,14-15H2,1-5H3,(H,31,32)/t23-/m0/s1. The first-order valence-electron chi connectivity index (χ1n) is 12.1. The van der Waals surface area contributed by atoms with Crippen molar-refractivity contribution in [1.82, 2.24) is 5.32 Å². The molecule has 1 aliphatic rings. The third-order valence-electron chi connectivity index (χ3n) is 6.78. The van der Waals surface area contributed by atoms with Gasteiger partial charge in [-0.2, -0.15) is 0 Å². The molecule has 7 nitrogen and oxygen atoms in total. The minimum absolute atomic E-state index is 0.0151. The number of benzene rings is 2. The molecule has 2 N–H and O–H groups in total. The second-order valence-electron chi connectivity index (χ2n) is 8.71. The van der Waals surface area contributed by atoms with Crippen molar-refractivity contribution in [2.24, 2.45) is 0 Å². The lowest BCUT2D eigenvalue weighted by molar-refractivity contribution is 0.324. The minimum Gasteiger partial charge on any atom is -0.497 e. The summed E-state index contributed by atoms with van der Waals surface area (Å²) in [6, 6.07) is 15.6. The number of hydrogen-bond acceptors (Lipinski definition) is 7. The molecule has 1 atom stereocenters. The van der Waals surface area contributed by atoms with Crippen LogP contribution in [-0.4, -0.2) is 42.0 Å². The molecule has 3 aromatic carbocycles. The highest BCUT2D eigenvalue weighted by atomic mass is 16.5. The van der Waals surface area contributed by atoms with Gasteiger partial charge in [0, 0.05) is 18.2 Å². The first kappa shape index (κ1) is 25.4. The van der Waals surface area contributed by atoms with E-state index in [2.05, 4.69) is 10.6 Å². The Labute approximate surface area is 212 Å². The second-order valence-corrected chi connectivity index (χ2v) is 8.71. The number of ether oxygens (including phenoxy) is 4. The lowest BCUT2D eigenvalue weighted by Crippen LogP contribution is -2.18. The first-order chi connectivity index (χ1) is 17.5. The highest BCUT2D eigenvalue weighted by Crippen LogP contribution is 2.50. The van der Waals surface area contributed by atoms with Crippen LogP contribution in [0.1, 0.15) is 29.2 Å². The van der Waals surface area contributed by atoms with E-state index in [-0.39, 0.29) is 11.5 Å². The van der Waals surface area contributed by atoms with Crippen LogP contribution < -0.4 is 35.0 Å². The lowest BCUT2D eigenvalue weighted by atomic mass is 9.95. The Morgan fingerprint density at radius 1 is 0.889 bits per heavy atom. The summed E-state index contributed by atoms with van der Waals surface area (Å²) in [4.78, 5) is 13.3. The van der Waals surface area contributed by atoms with E-state index in [1.165, 1.54) is 5.56 Å². The van der Waals surface area contributed by atoms with Gasteiger partial charge in [-0.3, -0.25) is 4.79 Å². The van der Waals surface area contributed by atoms with Gasteiger partial charge in [0.2, 0.25) is 11.2 Å². The number of methoxy groups -OCH3 is 4. The van der Waals surface area contributed by atoms with Crippen LogP contribution in [0, 0.1) is 0 Å². The monoisotopic (exact) mass is 490 g/mol. The fourth-order valence-corrected chi connectivity index (χ4v) is 4.89. The van der Waals surface area contributed by atoms with Crippen molar-refractivity contribution in [1.29, 1.82) is 0 Å². The van der Waals surface area contributed by atoms with Gasteiger partial charge in [0.15, 0.2) is 11.5 Å². The molecule has 36 heavy (non-hydrogen) atoms. The van der Waals surface area contributed by atoms with E-state index in [4.69, 9.17) is 18.9 Å². The molecule has 4 rings (SSSR count). The first-order valence-corrected chi connectivity index (χ1v) is 12.1. The van der Waals surface area contributed by atoms with Crippen LogP contribution in [0.15, 0.2) is 53.3 Å². The Morgan fingerprint density at radius 2 is 1.64 bits per heavy atom. The number of fused-ring (bicyclic) bond motifs is 3. The molecule has 1 aliphatic carbocycles. The topological polar surface area (TPSA) is 78.1 Å². The predicted octanol–water partition coefficient (Wildman–Crippen LogP) is 4.61. The number of anilines is 1. The van der Waals surface area contributed by atoms with Crippen LogP contribution in [0.2, 0.25) is 0 Å². The largest absolute Gasteiger partial charge is 0.497 e. The molecule has 0 heterocycles. The average molecular weight is 491 g/mol. The zero-order valence-electron chi connectivity index (χ0n) is 21.6. The Morgan fingerprint density at radius 3 is 2.28 bits per heavy atom. The third-order valence-corrected chi connectivity index (χ3v) is 6.78. The summed E-state index contributed by atoms with van der Waals surface area (Å²) in [6.07, 6.45) is 2.42. The minimum atomic E-state index is -0.0471. The van der Waals surface area contributed by atoms with Crippen molar-refractivity contribution in [3.05, 3.63) is 75.4 Å². The molecule has 0 saturated heterocycles. The number of nitrogens with one attached hydrogen (secondary N) is 2. The average Bonchev–Trinajstić information content (AvgIpc) is 3.15. The number of rotatable bonds is 9. The molecule has 3 aromatic rings. The van der Waals surface area contributed by atoms with Gasteiger partial charge in [0.25, 0.3) is 0 Å². The third kappa shape index (κ3) is 4.97. The lowest BCUT2D eigenvalue weighted by Gasteiger charge is -2.19. The van der Waals surface area contributed by atoms with E-state index in [0.717, 1.165) is 47.3 Å². The highest BCUT2D eigenvalue weighted by Gasteiger charge is 2.28. The summed E-state index contributed by atoms with van der Waals surface area (Å²) in [5, 5.41) is 6.73. The van der Waals surface area contributed by atoms with Crippen LogP contribution in [0.25, 0.3) is 11.1 Å². The summed E-state index contributed by atoms with van der Waals surface area (Å²) in [5.41, 5.74) is 5.59. The van der Waals surface area contributed by atoms with Gasteiger partial charge in [-0.1, -0.05) is 18.2 Å². The van der Waals surface area contributed by atoms with E-state index in [9.17, 15) is 4.79 Å². The summed E-state index contributed by atoms with van der Waals surface area (Å²) in [7, 11) is 8.44. The van der Waals surface area contributed by atoms with Gasteiger partial charge < -0.3 is 29.6 Å². The normalized spacial score (nSPS) is 14.2. The van der Waals surface area contributed by atoms with E-state index in [0.29, 0.717) is 29.5 Å². The maximum atomic E-state index is 13.3. The molecule has 0 aromatic heterocycles. The van der Waals surface area contributed by atoms with Crippen molar-refractivity contribution in [2.45, 2.75) is 25.3 Å². The van der Waals surface area contributed by atoms with Gasteiger partial charge >= 0.3 is 0 Å². The molecule has 0 unspecified atom stereocenters. The smallest absolute Gasteiger partial charge is 0.203 e. The SMILES string of the molecule is CN[C@H]1CCc2cc(OC)c(OC)c(OC)c2-c2ccc(NCCc3ccc(OC)cc3)c(=O)cc21. The van der Waals surface area contributed by atoms with Crippen LogP contribution in [0.3, 0.4) is 0 Å². The molecule has 0 fully saturated rings. The number of aryl methyl sites for hydroxylation is 1. The van der Waals surface area contributed by atoms with Gasteiger partial charge in [-0.25, -0.2) is 0 Å². The molecule has 0 amide bonds. The maximum absolute atomic E-state index is 13.3. The molecule has 7 heteroatoms. The summed E-state index contributed by atoms with van der Waals surface area (Å²) < 4.78 is 22.3. The van der Waals surface area contributed by atoms with E-state index < -0.39 is 0 Å². The van der Waals surface area contributed by atoms with Gasteiger partial charge in [-0.05, 0) is 78.9 Å². The summed E-state index contributed by atoms with van der Waals surface area (Å²) >= 11 is 0. The van der Waals surface area contributed by atoms with Crippen molar-refractivity contribution in [2.75, 3.05) is 47.3 Å². The van der Waals surface area contributed by atoms with E-state index in [1.807, 2.05) is 49.5 Å². The zero-order chi connectivity index (χ0) is 25.7. The second kappa shape index (κ2) is 11.4. The number of hydrogen-bond donors (Lipinski definition) is 2. The Balaban J connectivity index is 1.74. The molecular weight excluding hydrogens is 456 g/mol. The molecule has 0 aliphatic heterocycles. The zero-order valence-corrected chi connectivity index (χ0v) is 21.6. The summed E-state index contributed by atoms with van der Waals surface area (Å²) in [5.74, 6) is 2.61. The van der Waals surface area contributed by atoms with Crippen molar-refractivity contribution in [3.63, 3.8) is 0 Å². The molecule has 0 spiro atoms. The van der Waals surface area contributed by atoms with Crippen molar-refractivity contribution in [3.8, 4) is 34.1 Å². The Hall–Kier alpha value is -3.71. The quantitative estimate of drug-likeness (QED) is 0.454. The molecule has 190 valence electrons. The van der Waals surface area contributed by atoms with Crippen molar-refractivity contribution < 1.29 is 18.9 Å². The van der Waals surface area contributed by atoms with Gasteiger partial charge in [0.05, 0.1) is 34.1 Å². The Kier molecular flexibility index (Phi) is 8.00. The van der Waals surface area contributed by atoms with Crippen LogP contribution >= 0.6 is 0 Å². The molecular formula is C29H34N2O5. The molecule has 0 radical (unpaired) electrons. The van der Waals surface area contributed by atoms with E-state index >= 15 is 0 Å². The van der Waals surface area contributed by atoms with Gasteiger partial charge in [0.1, 0.15) is 5.75 Å². The van der Waals surface area contributed by atoms with Crippen LogP contribution in [0.5, 0.6) is 23.0 Å².